The number of benzene rings is 1. The maximum atomic E-state index is 4.63. The predicted octanol–water partition coefficient (Wildman–Crippen LogP) is 2.20. The lowest BCUT2D eigenvalue weighted by Gasteiger charge is -2.24. The summed E-state index contributed by atoms with van der Waals surface area (Å²) in [5.74, 6) is 0. The summed E-state index contributed by atoms with van der Waals surface area (Å²) in [5, 5.41) is 3.49. The molecule has 0 bridgehead atoms. The Kier molecular flexibility index (Phi) is 3.94. The van der Waals surface area contributed by atoms with E-state index in [1.54, 1.807) is 0 Å². The molecule has 1 aromatic carbocycles. The molecule has 4 heteroatoms. The van der Waals surface area contributed by atoms with E-state index in [1.807, 2.05) is 30.5 Å². The van der Waals surface area contributed by atoms with Crippen molar-refractivity contribution < 1.29 is 0 Å². The molecule has 2 aromatic rings. The minimum absolute atomic E-state index is 0.566. The van der Waals surface area contributed by atoms with Crippen LogP contribution in [0.4, 0.5) is 0 Å². The van der Waals surface area contributed by atoms with Gasteiger partial charge in [-0.3, -0.25) is 9.88 Å². The first-order valence-electron chi connectivity index (χ1n) is 7.37. The molecule has 3 rings (SSSR count). The van der Waals surface area contributed by atoms with E-state index in [0.717, 1.165) is 35.9 Å². The van der Waals surface area contributed by atoms with Crippen LogP contribution in [0.5, 0.6) is 0 Å². The Morgan fingerprint density at radius 3 is 2.80 bits per heavy atom. The minimum Gasteiger partial charge on any atom is -0.310 e. The quantitative estimate of drug-likeness (QED) is 0.873. The van der Waals surface area contributed by atoms with Gasteiger partial charge in [0.15, 0.2) is 0 Å². The molecule has 1 atom stereocenters. The van der Waals surface area contributed by atoms with Gasteiger partial charge in [-0.05, 0) is 38.9 Å². The van der Waals surface area contributed by atoms with E-state index in [2.05, 4.69) is 34.2 Å². The first-order valence-corrected chi connectivity index (χ1v) is 7.37. The summed E-state index contributed by atoms with van der Waals surface area (Å²) in [6.45, 7) is 4.04. The fourth-order valence-electron chi connectivity index (χ4n) is 2.48. The van der Waals surface area contributed by atoms with Crippen LogP contribution in [0.3, 0.4) is 0 Å². The van der Waals surface area contributed by atoms with E-state index in [-0.39, 0.29) is 0 Å². The third-order valence-corrected chi connectivity index (χ3v) is 4.06. The van der Waals surface area contributed by atoms with Crippen molar-refractivity contribution in [3.05, 3.63) is 36.2 Å². The molecule has 1 aliphatic rings. The number of nitrogens with zero attached hydrogens (tertiary/aromatic N) is 3. The number of para-hydroxylation sites is 2. The molecule has 1 aliphatic carbocycles. The van der Waals surface area contributed by atoms with E-state index in [4.69, 9.17) is 0 Å². The first-order chi connectivity index (χ1) is 9.74. The van der Waals surface area contributed by atoms with Crippen molar-refractivity contribution in [1.29, 1.82) is 0 Å². The standard InChI is InChI=1S/C16H22N4/c1-12(20(2)14-7-8-14)9-17-10-13-11-18-15-5-3-4-6-16(15)19-13/h3-6,11-12,14,17H,7-10H2,1-2H3. The average Bonchev–Trinajstić information content (AvgIpc) is 3.31. The first kappa shape index (κ1) is 13.5. The lowest BCUT2D eigenvalue weighted by Crippen LogP contribution is -2.39. The highest BCUT2D eigenvalue weighted by molar-refractivity contribution is 5.73. The maximum Gasteiger partial charge on any atom is 0.0890 e. The second-order valence-corrected chi connectivity index (χ2v) is 5.73. The van der Waals surface area contributed by atoms with E-state index in [9.17, 15) is 0 Å². The SMILES string of the molecule is CC(CNCc1cnc2ccccc2n1)N(C)C1CC1. The highest BCUT2D eigenvalue weighted by Gasteiger charge is 2.28. The molecule has 1 aromatic heterocycles. The second-order valence-electron chi connectivity index (χ2n) is 5.73. The van der Waals surface area contributed by atoms with Gasteiger partial charge in [0.1, 0.15) is 0 Å². The molecule has 1 N–H and O–H groups in total. The van der Waals surface area contributed by atoms with Gasteiger partial charge in [-0.15, -0.1) is 0 Å². The lowest BCUT2D eigenvalue weighted by molar-refractivity contribution is 0.241. The van der Waals surface area contributed by atoms with Crippen LogP contribution in [-0.2, 0) is 6.54 Å². The fraction of sp³-hybridized carbons (Fsp3) is 0.500. The van der Waals surface area contributed by atoms with Crippen LogP contribution in [0.1, 0.15) is 25.5 Å². The van der Waals surface area contributed by atoms with Gasteiger partial charge in [0.25, 0.3) is 0 Å². The molecular formula is C16H22N4. The molecule has 0 spiro atoms. The monoisotopic (exact) mass is 270 g/mol. The van der Waals surface area contributed by atoms with E-state index in [0.29, 0.717) is 6.04 Å². The van der Waals surface area contributed by atoms with Crippen LogP contribution in [0, 0.1) is 0 Å². The van der Waals surface area contributed by atoms with Gasteiger partial charge in [-0.1, -0.05) is 12.1 Å². The summed E-state index contributed by atoms with van der Waals surface area (Å²) in [5.41, 5.74) is 2.93. The Hall–Kier alpha value is -1.52. The highest BCUT2D eigenvalue weighted by atomic mass is 15.2. The summed E-state index contributed by atoms with van der Waals surface area (Å²) in [7, 11) is 2.22. The van der Waals surface area contributed by atoms with Crippen molar-refractivity contribution in [2.45, 2.75) is 38.4 Å². The molecule has 106 valence electrons. The van der Waals surface area contributed by atoms with Crippen molar-refractivity contribution in [2.75, 3.05) is 13.6 Å². The molecule has 1 saturated carbocycles. The lowest BCUT2D eigenvalue weighted by atomic mass is 10.2. The van der Waals surface area contributed by atoms with Gasteiger partial charge in [-0.2, -0.15) is 0 Å². The Bertz CT molecular complexity index is 579. The van der Waals surface area contributed by atoms with Crippen molar-refractivity contribution in [2.24, 2.45) is 0 Å². The van der Waals surface area contributed by atoms with Crippen molar-refractivity contribution in [3.63, 3.8) is 0 Å². The third kappa shape index (κ3) is 3.14. The van der Waals surface area contributed by atoms with Crippen LogP contribution >= 0.6 is 0 Å². The van der Waals surface area contributed by atoms with Crippen molar-refractivity contribution in [3.8, 4) is 0 Å². The van der Waals surface area contributed by atoms with Gasteiger partial charge in [0.05, 0.1) is 22.9 Å². The summed E-state index contributed by atoms with van der Waals surface area (Å²) in [4.78, 5) is 11.5. The van der Waals surface area contributed by atoms with Gasteiger partial charge >= 0.3 is 0 Å². The molecule has 0 radical (unpaired) electrons. The second kappa shape index (κ2) is 5.85. The molecule has 0 aliphatic heterocycles. The number of hydrogen-bond acceptors (Lipinski definition) is 4. The Morgan fingerprint density at radius 2 is 2.05 bits per heavy atom. The smallest absolute Gasteiger partial charge is 0.0890 e. The van der Waals surface area contributed by atoms with Gasteiger partial charge < -0.3 is 5.32 Å². The summed E-state index contributed by atoms with van der Waals surface area (Å²) in [6, 6.07) is 9.37. The van der Waals surface area contributed by atoms with Crippen LogP contribution in [0.25, 0.3) is 11.0 Å². The number of likely N-dealkylation sites (N-methyl/N-ethyl adjacent to an activating group) is 1. The molecule has 1 unspecified atom stereocenters. The topological polar surface area (TPSA) is 41.1 Å². The Labute approximate surface area is 120 Å². The van der Waals surface area contributed by atoms with Crippen molar-refractivity contribution >= 4 is 11.0 Å². The number of hydrogen-bond donors (Lipinski definition) is 1. The van der Waals surface area contributed by atoms with Gasteiger partial charge in [0, 0.05) is 25.2 Å². The molecule has 4 nitrogen and oxygen atoms in total. The van der Waals surface area contributed by atoms with E-state index >= 15 is 0 Å². The normalized spacial score (nSPS) is 16.8. The van der Waals surface area contributed by atoms with Crippen LogP contribution < -0.4 is 5.32 Å². The molecule has 0 saturated heterocycles. The minimum atomic E-state index is 0.566. The zero-order chi connectivity index (χ0) is 13.9. The molecule has 20 heavy (non-hydrogen) atoms. The van der Waals surface area contributed by atoms with Gasteiger partial charge in [0.2, 0.25) is 0 Å². The van der Waals surface area contributed by atoms with Crippen LogP contribution in [0.2, 0.25) is 0 Å². The highest BCUT2D eigenvalue weighted by Crippen LogP contribution is 2.26. The average molecular weight is 270 g/mol. The largest absolute Gasteiger partial charge is 0.310 e. The number of nitrogens with one attached hydrogen (secondary N) is 1. The summed E-state index contributed by atoms with van der Waals surface area (Å²) in [6.07, 6.45) is 4.58. The number of rotatable bonds is 6. The Morgan fingerprint density at radius 1 is 1.30 bits per heavy atom. The van der Waals surface area contributed by atoms with Crippen LogP contribution in [0.15, 0.2) is 30.5 Å². The molecule has 1 heterocycles. The summed E-state index contributed by atoms with van der Waals surface area (Å²) >= 11 is 0. The third-order valence-electron chi connectivity index (χ3n) is 4.06. The van der Waals surface area contributed by atoms with Crippen molar-refractivity contribution in [1.82, 2.24) is 20.2 Å². The summed E-state index contributed by atoms with van der Waals surface area (Å²) < 4.78 is 0. The molecular weight excluding hydrogens is 248 g/mol. The zero-order valence-electron chi connectivity index (χ0n) is 12.2. The zero-order valence-corrected chi connectivity index (χ0v) is 12.2. The Balaban J connectivity index is 1.54. The van der Waals surface area contributed by atoms with Crippen LogP contribution in [-0.4, -0.2) is 40.5 Å². The fourth-order valence-corrected chi connectivity index (χ4v) is 2.48. The molecule has 0 amide bonds. The van der Waals surface area contributed by atoms with E-state index in [1.165, 1.54) is 12.8 Å². The number of aromatic nitrogens is 2. The van der Waals surface area contributed by atoms with E-state index < -0.39 is 0 Å². The number of fused-ring (bicyclic) bond motifs is 1. The molecule has 1 fully saturated rings. The predicted molar refractivity (Wildman–Crippen MR) is 81.5 cm³/mol. The van der Waals surface area contributed by atoms with Gasteiger partial charge in [-0.25, -0.2) is 4.98 Å². The maximum absolute atomic E-state index is 4.63.